The van der Waals surface area contributed by atoms with E-state index in [1.54, 1.807) is 24.3 Å². The lowest BCUT2D eigenvalue weighted by Gasteiger charge is -2.27. The van der Waals surface area contributed by atoms with Crippen LogP contribution in [0.5, 0.6) is 0 Å². The number of anilines is 2. The summed E-state index contributed by atoms with van der Waals surface area (Å²) in [4.78, 5) is 40.5. The molecule has 2 aliphatic heterocycles. The summed E-state index contributed by atoms with van der Waals surface area (Å²) in [5.74, 6) is -0.528. The second-order valence-corrected chi connectivity index (χ2v) is 7.55. The number of morpholine rings is 1. The fourth-order valence-electron chi connectivity index (χ4n) is 3.23. The van der Waals surface area contributed by atoms with E-state index in [9.17, 15) is 14.4 Å². The van der Waals surface area contributed by atoms with E-state index in [0.717, 1.165) is 10.5 Å². The van der Waals surface area contributed by atoms with Crippen LogP contribution in [0.3, 0.4) is 0 Å². The number of rotatable bonds is 3. The number of carbonyl (C=O) groups is 3. The molecule has 0 bridgehead atoms. The molecule has 4 rings (SSSR count). The molecule has 0 saturated carbocycles. The van der Waals surface area contributed by atoms with Crippen LogP contribution < -0.4 is 15.1 Å². The number of aryl methyl sites for hydroxylation is 1. The average Bonchev–Trinajstić information content (AvgIpc) is 3.06. The van der Waals surface area contributed by atoms with Gasteiger partial charge in [0.25, 0.3) is 11.8 Å². The van der Waals surface area contributed by atoms with Gasteiger partial charge in [0, 0.05) is 19.2 Å². The summed E-state index contributed by atoms with van der Waals surface area (Å²) < 4.78 is 11.9. The first-order chi connectivity index (χ1) is 13.9. The van der Waals surface area contributed by atoms with Crippen molar-refractivity contribution in [2.24, 2.45) is 0 Å². The minimum atomic E-state index is -0.780. The van der Waals surface area contributed by atoms with E-state index in [2.05, 4.69) is 21.2 Å². The zero-order valence-corrected chi connectivity index (χ0v) is 17.2. The third-order valence-electron chi connectivity index (χ3n) is 4.63. The van der Waals surface area contributed by atoms with E-state index in [1.165, 1.54) is 6.08 Å². The molecule has 4 amide bonds. The molecule has 0 aliphatic carbocycles. The lowest BCUT2D eigenvalue weighted by molar-refractivity contribution is -0.122. The lowest BCUT2D eigenvalue weighted by atomic mass is 10.1. The van der Waals surface area contributed by atoms with Gasteiger partial charge in [-0.2, -0.15) is 0 Å². The SMILES string of the molecule is Cc1cccc(N2C(=O)NC(=O)/C(=C\c3cc(Br)c(N4CCOCC4)o3)C2=O)c1. The van der Waals surface area contributed by atoms with Gasteiger partial charge in [-0.05, 0) is 46.6 Å². The molecule has 0 atom stereocenters. The molecular weight excluding hydrogens is 442 g/mol. The Kier molecular flexibility index (Phi) is 5.25. The first-order valence-corrected chi connectivity index (χ1v) is 9.83. The van der Waals surface area contributed by atoms with Crippen LogP contribution in [0, 0.1) is 6.92 Å². The van der Waals surface area contributed by atoms with Crippen molar-refractivity contribution in [1.82, 2.24) is 5.32 Å². The molecule has 0 spiro atoms. The predicted octanol–water partition coefficient (Wildman–Crippen LogP) is 2.85. The molecule has 3 heterocycles. The number of benzene rings is 1. The van der Waals surface area contributed by atoms with Gasteiger partial charge in [-0.15, -0.1) is 0 Å². The van der Waals surface area contributed by atoms with Crippen molar-refractivity contribution in [2.75, 3.05) is 36.1 Å². The van der Waals surface area contributed by atoms with Gasteiger partial charge in [0.05, 0.1) is 23.4 Å². The highest BCUT2D eigenvalue weighted by atomic mass is 79.9. The van der Waals surface area contributed by atoms with Crippen molar-refractivity contribution in [1.29, 1.82) is 0 Å². The number of urea groups is 1. The summed E-state index contributed by atoms with van der Waals surface area (Å²) in [5.41, 5.74) is 1.09. The summed E-state index contributed by atoms with van der Waals surface area (Å²) in [6.07, 6.45) is 1.35. The Hall–Kier alpha value is -2.91. The van der Waals surface area contributed by atoms with Crippen LogP contribution in [0.4, 0.5) is 16.4 Å². The molecule has 1 aromatic heterocycles. The fraction of sp³-hybridized carbons (Fsp3) is 0.250. The van der Waals surface area contributed by atoms with Gasteiger partial charge in [-0.1, -0.05) is 12.1 Å². The van der Waals surface area contributed by atoms with E-state index < -0.39 is 17.8 Å². The van der Waals surface area contributed by atoms with E-state index in [1.807, 2.05) is 17.9 Å². The maximum absolute atomic E-state index is 13.0. The third kappa shape index (κ3) is 3.83. The van der Waals surface area contributed by atoms with Gasteiger partial charge in [0.2, 0.25) is 5.88 Å². The molecule has 2 aromatic rings. The van der Waals surface area contributed by atoms with E-state index in [-0.39, 0.29) is 5.57 Å². The molecule has 2 fully saturated rings. The predicted molar refractivity (Wildman–Crippen MR) is 110 cm³/mol. The topological polar surface area (TPSA) is 92.1 Å². The highest BCUT2D eigenvalue weighted by Crippen LogP contribution is 2.32. The van der Waals surface area contributed by atoms with Crippen LogP contribution >= 0.6 is 15.9 Å². The minimum Gasteiger partial charge on any atom is -0.440 e. The van der Waals surface area contributed by atoms with Crippen LogP contribution in [0.1, 0.15) is 11.3 Å². The van der Waals surface area contributed by atoms with Crippen molar-refractivity contribution in [3.63, 3.8) is 0 Å². The largest absolute Gasteiger partial charge is 0.440 e. The molecule has 29 heavy (non-hydrogen) atoms. The summed E-state index contributed by atoms with van der Waals surface area (Å²) >= 11 is 3.46. The molecule has 8 nitrogen and oxygen atoms in total. The van der Waals surface area contributed by atoms with Crippen LogP contribution in [-0.2, 0) is 14.3 Å². The van der Waals surface area contributed by atoms with Crippen molar-refractivity contribution in [3.8, 4) is 0 Å². The molecular formula is C20H18BrN3O5. The van der Waals surface area contributed by atoms with Crippen LogP contribution in [0.2, 0.25) is 0 Å². The number of hydrogen-bond donors (Lipinski definition) is 1. The molecule has 150 valence electrons. The third-order valence-corrected chi connectivity index (χ3v) is 5.20. The monoisotopic (exact) mass is 459 g/mol. The number of hydrogen-bond acceptors (Lipinski definition) is 6. The van der Waals surface area contributed by atoms with Gasteiger partial charge in [0.15, 0.2) is 0 Å². The number of halogens is 1. The lowest BCUT2D eigenvalue weighted by Crippen LogP contribution is -2.54. The average molecular weight is 460 g/mol. The number of ether oxygens (including phenoxy) is 1. The van der Waals surface area contributed by atoms with E-state index in [0.29, 0.717) is 48.1 Å². The van der Waals surface area contributed by atoms with Gasteiger partial charge < -0.3 is 14.1 Å². The smallest absolute Gasteiger partial charge is 0.335 e. The summed E-state index contributed by atoms with van der Waals surface area (Å²) in [7, 11) is 0. The Bertz CT molecular complexity index is 1020. The second kappa shape index (κ2) is 7.84. The van der Waals surface area contributed by atoms with Crippen molar-refractivity contribution in [2.45, 2.75) is 6.92 Å². The molecule has 1 N–H and O–H groups in total. The van der Waals surface area contributed by atoms with Crippen molar-refractivity contribution in [3.05, 3.63) is 51.7 Å². The number of nitrogens with one attached hydrogen (secondary N) is 1. The zero-order chi connectivity index (χ0) is 20.5. The number of amides is 4. The highest BCUT2D eigenvalue weighted by Gasteiger charge is 2.37. The maximum Gasteiger partial charge on any atom is 0.335 e. The first-order valence-electron chi connectivity index (χ1n) is 9.04. The summed E-state index contributed by atoms with van der Waals surface area (Å²) in [6, 6.07) is 7.83. The van der Waals surface area contributed by atoms with Gasteiger partial charge in [-0.25, -0.2) is 9.69 Å². The molecule has 2 saturated heterocycles. The minimum absolute atomic E-state index is 0.180. The second-order valence-electron chi connectivity index (χ2n) is 6.70. The van der Waals surface area contributed by atoms with Crippen LogP contribution in [0.25, 0.3) is 6.08 Å². The number of carbonyl (C=O) groups excluding carboxylic acids is 3. The standard InChI is InChI=1S/C20H18BrN3O5/c1-12-3-2-4-13(9-12)24-18(26)15(17(25)22-20(24)27)10-14-11-16(21)19(29-14)23-5-7-28-8-6-23/h2-4,9-11H,5-8H2,1H3,(H,22,25,27)/b15-10+. The maximum atomic E-state index is 13.0. The number of barbiturate groups is 1. The van der Waals surface area contributed by atoms with Gasteiger partial charge >= 0.3 is 6.03 Å². The normalized spacial score (nSPS) is 19.1. The van der Waals surface area contributed by atoms with Gasteiger partial charge in [0.1, 0.15) is 11.3 Å². The Morgan fingerprint density at radius 1 is 1.14 bits per heavy atom. The van der Waals surface area contributed by atoms with Crippen LogP contribution in [0.15, 0.2) is 44.8 Å². The van der Waals surface area contributed by atoms with E-state index >= 15 is 0 Å². The van der Waals surface area contributed by atoms with E-state index in [4.69, 9.17) is 9.15 Å². The summed E-state index contributed by atoms with van der Waals surface area (Å²) in [6.45, 7) is 4.40. The summed E-state index contributed by atoms with van der Waals surface area (Å²) in [5, 5.41) is 2.21. The van der Waals surface area contributed by atoms with Crippen molar-refractivity contribution < 1.29 is 23.5 Å². The number of furan rings is 1. The number of nitrogens with zero attached hydrogens (tertiary/aromatic N) is 2. The highest BCUT2D eigenvalue weighted by molar-refractivity contribution is 9.10. The Balaban J connectivity index is 1.66. The zero-order valence-electron chi connectivity index (χ0n) is 15.6. The number of imide groups is 2. The molecule has 0 unspecified atom stereocenters. The Morgan fingerprint density at radius 3 is 2.62 bits per heavy atom. The quantitative estimate of drug-likeness (QED) is 0.560. The van der Waals surface area contributed by atoms with Crippen molar-refractivity contribution >= 4 is 51.4 Å². The Morgan fingerprint density at radius 2 is 1.90 bits per heavy atom. The van der Waals surface area contributed by atoms with Gasteiger partial charge in [-0.3, -0.25) is 14.9 Å². The molecule has 9 heteroatoms. The molecule has 0 radical (unpaired) electrons. The van der Waals surface area contributed by atoms with Crippen LogP contribution in [-0.4, -0.2) is 44.1 Å². The first kappa shape index (κ1) is 19.4. The fourth-order valence-corrected chi connectivity index (χ4v) is 3.79. The Labute approximate surface area is 175 Å². The molecule has 2 aliphatic rings. The molecule has 1 aromatic carbocycles.